The molecule has 2 amide bonds. The molecular weight excluding hydrogens is 408 g/mol. The average Bonchev–Trinajstić information content (AvgIpc) is 3.29. The third-order valence-electron chi connectivity index (χ3n) is 5.47. The van der Waals surface area contributed by atoms with Crippen molar-refractivity contribution < 1.29 is 9.53 Å². The van der Waals surface area contributed by atoms with Crippen LogP contribution in [0.4, 0.5) is 4.79 Å². The highest BCUT2D eigenvalue weighted by atomic mass is 32.1. The van der Waals surface area contributed by atoms with E-state index in [0.29, 0.717) is 6.54 Å². The van der Waals surface area contributed by atoms with Crippen molar-refractivity contribution in [3.05, 3.63) is 70.5 Å². The lowest BCUT2D eigenvalue weighted by atomic mass is 10.1. The molecule has 0 atom stereocenters. The number of urea groups is 1. The van der Waals surface area contributed by atoms with E-state index in [4.69, 9.17) is 9.72 Å². The van der Waals surface area contributed by atoms with Crippen molar-refractivity contribution in [3.8, 4) is 17.0 Å². The summed E-state index contributed by atoms with van der Waals surface area (Å²) < 4.78 is 5.31. The first-order valence-electron chi connectivity index (χ1n) is 10.6. The molecule has 4 rings (SSSR count). The zero-order valence-corrected chi connectivity index (χ0v) is 18.6. The first-order chi connectivity index (χ1) is 15.2. The molecule has 162 valence electrons. The fourth-order valence-electron chi connectivity index (χ4n) is 3.67. The van der Waals surface area contributed by atoms with E-state index in [1.807, 2.05) is 41.3 Å². The van der Waals surface area contributed by atoms with Gasteiger partial charge in [-0.05, 0) is 24.1 Å². The van der Waals surface area contributed by atoms with Gasteiger partial charge in [0, 0.05) is 43.7 Å². The van der Waals surface area contributed by atoms with Crippen LogP contribution >= 0.6 is 11.3 Å². The molecule has 7 heteroatoms. The topological polar surface area (TPSA) is 57.7 Å². The van der Waals surface area contributed by atoms with Gasteiger partial charge < -0.3 is 15.0 Å². The van der Waals surface area contributed by atoms with Crippen molar-refractivity contribution in [3.63, 3.8) is 0 Å². The SMILES string of the molecule is COc1cccc(-c2csc(CN3CCN(C(=O)NCCc4ccccc4)CC3)n2)c1. The highest BCUT2D eigenvalue weighted by molar-refractivity contribution is 7.09. The molecular formula is C24H28N4O2S. The minimum atomic E-state index is 0.0325. The third-order valence-corrected chi connectivity index (χ3v) is 6.30. The Morgan fingerprint density at radius 3 is 2.68 bits per heavy atom. The van der Waals surface area contributed by atoms with Crippen LogP contribution in [0.2, 0.25) is 0 Å². The van der Waals surface area contributed by atoms with Crippen molar-refractivity contribution in [1.82, 2.24) is 20.1 Å². The Hall–Kier alpha value is -2.90. The molecule has 0 unspecified atom stereocenters. The van der Waals surface area contributed by atoms with Crippen molar-refractivity contribution in [2.45, 2.75) is 13.0 Å². The number of hydrogen-bond acceptors (Lipinski definition) is 5. The second kappa shape index (κ2) is 10.4. The summed E-state index contributed by atoms with van der Waals surface area (Å²) in [6, 6.07) is 18.2. The number of methoxy groups -OCH3 is 1. The number of hydrogen-bond donors (Lipinski definition) is 1. The number of thiazole rings is 1. The van der Waals surface area contributed by atoms with E-state index in [2.05, 4.69) is 33.8 Å². The first kappa shape index (κ1) is 21.3. The van der Waals surface area contributed by atoms with Crippen molar-refractivity contribution in [1.29, 1.82) is 0 Å². The van der Waals surface area contributed by atoms with Gasteiger partial charge in [0.1, 0.15) is 10.8 Å². The molecule has 0 spiro atoms. The zero-order chi connectivity index (χ0) is 21.5. The van der Waals surface area contributed by atoms with Gasteiger partial charge in [-0.15, -0.1) is 11.3 Å². The summed E-state index contributed by atoms with van der Waals surface area (Å²) in [5.41, 5.74) is 3.29. The third kappa shape index (κ3) is 5.83. The van der Waals surface area contributed by atoms with Crippen molar-refractivity contribution >= 4 is 17.4 Å². The minimum absolute atomic E-state index is 0.0325. The minimum Gasteiger partial charge on any atom is -0.497 e. The van der Waals surface area contributed by atoms with Crippen LogP contribution < -0.4 is 10.1 Å². The van der Waals surface area contributed by atoms with Crippen LogP contribution in [-0.2, 0) is 13.0 Å². The highest BCUT2D eigenvalue weighted by Crippen LogP contribution is 2.26. The zero-order valence-electron chi connectivity index (χ0n) is 17.8. The molecule has 0 saturated carbocycles. The lowest BCUT2D eigenvalue weighted by molar-refractivity contribution is 0.135. The second-order valence-corrected chi connectivity index (χ2v) is 8.53. The molecule has 1 fully saturated rings. The number of carbonyl (C=O) groups is 1. The second-order valence-electron chi connectivity index (χ2n) is 7.59. The van der Waals surface area contributed by atoms with E-state index in [0.717, 1.165) is 61.2 Å². The molecule has 1 saturated heterocycles. The molecule has 0 aliphatic carbocycles. The average molecular weight is 437 g/mol. The van der Waals surface area contributed by atoms with Gasteiger partial charge >= 0.3 is 6.03 Å². The highest BCUT2D eigenvalue weighted by Gasteiger charge is 2.21. The van der Waals surface area contributed by atoms with Crippen molar-refractivity contribution in [2.24, 2.45) is 0 Å². The van der Waals surface area contributed by atoms with Gasteiger partial charge in [-0.1, -0.05) is 42.5 Å². The van der Waals surface area contributed by atoms with Gasteiger partial charge in [0.15, 0.2) is 0 Å². The standard InChI is InChI=1S/C24H28N4O2S/c1-30-21-9-5-8-20(16-21)22-18-31-23(26-22)17-27-12-14-28(15-13-27)24(29)25-11-10-19-6-3-2-4-7-19/h2-9,16,18H,10-15,17H2,1H3,(H,25,29). The number of aromatic nitrogens is 1. The van der Waals surface area contributed by atoms with E-state index in [1.165, 1.54) is 5.56 Å². The number of ether oxygens (including phenoxy) is 1. The summed E-state index contributed by atoms with van der Waals surface area (Å²) in [5.74, 6) is 0.838. The van der Waals surface area contributed by atoms with Crippen molar-refractivity contribution in [2.75, 3.05) is 39.8 Å². The number of benzene rings is 2. The number of carbonyl (C=O) groups excluding carboxylic acids is 1. The fraction of sp³-hybridized carbons (Fsp3) is 0.333. The molecule has 6 nitrogen and oxygen atoms in total. The van der Waals surface area contributed by atoms with Gasteiger partial charge in [0.05, 0.1) is 19.3 Å². The van der Waals surface area contributed by atoms with Gasteiger partial charge in [-0.25, -0.2) is 9.78 Å². The summed E-state index contributed by atoms with van der Waals surface area (Å²) in [7, 11) is 1.68. The van der Waals surface area contributed by atoms with Crippen LogP contribution in [0.3, 0.4) is 0 Å². The first-order valence-corrected chi connectivity index (χ1v) is 11.5. The number of nitrogens with zero attached hydrogens (tertiary/aromatic N) is 3. The molecule has 1 aliphatic heterocycles. The maximum absolute atomic E-state index is 12.4. The number of rotatable bonds is 7. The van der Waals surface area contributed by atoms with Gasteiger partial charge in [0.2, 0.25) is 0 Å². The lowest BCUT2D eigenvalue weighted by Gasteiger charge is -2.34. The molecule has 1 N–H and O–H groups in total. The molecule has 1 aliphatic rings. The summed E-state index contributed by atoms with van der Waals surface area (Å²) in [6.07, 6.45) is 0.853. The Bertz CT molecular complexity index is 984. The number of amides is 2. The summed E-state index contributed by atoms with van der Waals surface area (Å²) >= 11 is 1.68. The van der Waals surface area contributed by atoms with Crippen LogP contribution in [0.5, 0.6) is 5.75 Å². The molecule has 0 bridgehead atoms. The van der Waals surface area contributed by atoms with Gasteiger partial charge in [0.25, 0.3) is 0 Å². The Kier molecular flexibility index (Phi) is 7.17. The molecule has 31 heavy (non-hydrogen) atoms. The van der Waals surface area contributed by atoms with E-state index in [-0.39, 0.29) is 6.03 Å². The summed E-state index contributed by atoms with van der Waals surface area (Å²) in [4.78, 5) is 21.5. The molecule has 2 aromatic carbocycles. The maximum atomic E-state index is 12.4. The van der Waals surface area contributed by atoms with E-state index >= 15 is 0 Å². The van der Waals surface area contributed by atoms with E-state index in [1.54, 1.807) is 18.4 Å². The van der Waals surface area contributed by atoms with Crippen LogP contribution in [0.1, 0.15) is 10.6 Å². The largest absolute Gasteiger partial charge is 0.497 e. The number of nitrogens with one attached hydrogen (secondary N) is 1. The Morgan fingerprint density at radius 1 is 1.10 bits per heavy atom. The predicted molar refractivity (Wildman–Crippen MR) is 124 cm³/mol. The fourth-order valence-corrected chi connectivity index (χ4v) is 4.51. The molecule has 2 heterocycles. The van der Waals surface area contributed by atoms with Crippen LogP contribution in [-0.4, -0.2) is 60.6 Å². The Balaban J connectivity index is 1.22. The molecule has 3 aromatic rings. The Labute approximate surface area is 187 Å². The molecule has 1 aromatic heterocycles. The van der Waals surface area contributed by atoms with E-state index in [9.17, 15) is 4.79 Å². The van der Waals surface area contributed by atoms with E-state index < -0.39 is 0 Å². The van der Waals surface area contributed by atoms with Gasteiger partial charge in [-0.3, -0.25) is 4.90 Å². The summed E-state index contributed by atoms with van der Waals surface area (Å²) in [6.45, 7) is 4.68. The van der Waals surface area contributed by atoms with Crippen LogP contribution in [0, 0.1) is 0 Å². The summed E-state index contributed by atoms with van der Waals surface area (Å²) in [5, 5.41) is 6.24. The quantitative estimate of drug-likeness (QED) is 0.611. The van der Waals surface area contributed by atoms with Crippen LogP contribution in [0.25, 0.3) is 11.3 Å². The number of piperazine rings is 1. The lowest BCUT2D eigenvalue weighted by Crippen LogP contribution is -2.51. The maximum Gasteiger partial charge on any atom is 0.317 e. The van der Waals surface area contributed by atoms with Gasteiger partial charge in [-0.2, -0.15) is 0 Å². The van der Waals surface area contributed by atoms with Crippen LogP contribution in [0.15, 0.2) is 60.0 Å². The molecule has 0 radical (unpaired) electrons. The monoisotopic (exact) mass is 436 g/mol. The normalized spacial score (nSPS) is 14.4. The Morgan fingerprint density at radius 2 is 1.90 bits per heavy atom. The predicted octanol–water partition coefficient (Wildman–Crippen LogP) is 3.89. The smallest absolute Gasteiger partial charge is 0.317 e.